The van der Waals surface area contributed by atoms with Crippen LogP contribution in [0.25, 0.3) is 0 Å². The Morgan fingerprint density at radius 2 is 2.00 bits per heavy atom. The molecule has 1 heterocycles. The number of carbonyl (C=O) groups is 1. The van der Waals surface area contributed by atoms with Gasteiger partial charge in [-0.25, -0.2) is 4.99 Å². The predicted octanol–water partition coefficient (Wildman–Crippen LogP) is 2.44. The molecule has 0 radical (unpaired) electrons. The molecule has 0 N–H and O–H groups in total. The first-order chi connectivity index (χ1) is 10.8. The summed E-state index contributed by atoms with van der Waals surface area (Å²) in [6.07, 6.45) is 5.45. The molecule has 1 aromatic rings. The summed E-state index contributed by atoms with van der Waals surface area (Å²) in [6.45, 7) is 0.555. The zero-order valence-electron chi connectivity index (χ0n) is 12.5. The fraction of sp³-hybridized carbons (Fsp3) is 0.444. The van der Waals surface area contributed by atoms with Crippen molar-refractivity contribution in [3.63, 3.8) is 0 Å². The van der Waals surface area contributed by atoms with E-state index in [4.69, 9.17) is 14.5 Å². The van der Waals surface area contributed by atoms with E-state index in [9.17, 15) is 4.79 Å². The highest BCUT2D eigenvalue weighted by Gasteiger charge is 2.52. The van der Waals surface area contributed by atoms with Crippen LogP contribution in [0.2, 0.25) is 0 Å². The zero-order valence-corrected chi connectivity index (χ0v) is 12.5. The molecule has 0 saturated heterocycles. The van der Waals surface area contributed by atoms with Gasteiger partial charge in [-0.15, -0.1) is 0 Å². The number of hydrogen-bond donors (Lipinski definition) is 0. The molecule has 1 saturated carbocycles. The number of ether oxygens (including phenoxy) is 2. The van der Waals surface area contributed by atoms with E-state index in [0.717, 1.165) is 12.0 Å². The lowest BCUT2D eigenvalue weighted by molar-refractivity contribution is -0.148. The molecule has 114 valence electrons. The van der Waals surface area contributed by atoms with Crippen molar-refractivity contribution in [2.24, 2.45) is 28.7 Å². The first-order valence-corrected chi connectivity index (χ1v) is 7.80. The van der Waals surface area contributed by atoms with Crippen LogP contribution in [0.15, 0.2) is 47.5 Å². The van der Waals surface area contributed by atoms with E-state index in [1.807, 2.05) is 30.3 Å². The Kier molecular flexibility index (Phi) is 3.25. The van der Waals surface area contributed by atoms with E-state index in [1.165, 1.54) is 7.11 Å². The quantitative estimate of drug-likeness (QED) is 0.636. The zero-order chi connectivity index (χ0) is 15.1. The summed E-state index contributed by atoms with van der Waals surface area (Å²) in [5.41, 5.74) is 0.998. The first kappa shape index (κ1) is 13.6. The van der Waals surface area contributed by atoms with Gasteiger partial charge in [0.05, 0.1) is 19.1 Å². The lowest BCUT2D eigenvalue weighted by atomic mass is 9.78. The summed E-state index contributed by atoms with van der Waals surface area (Å²) in [6, 6.07) is 9.97. The number of hydrogen-bond acceptors (Lipinski definition) is 4. The Balaban J connectivity index is 1.61. The van der Waals surface area contributed by atoms with Gasteiger partial charge in [0.2, 0.25) is 5.90 Å². The lowest BCUT2D eigenvalue weighted by Gasteiger charge is -2.28. The van der Waals surface area contributed by atoms with Crippen molar-refractivity contribution < 1.29 is 14.3 Å². The maximum Gasteiger partial charge on any atom is 0.309 e. The van der Waals surface area contributed by atoms with Gasteiger partial charge in [-0.05, 0) is 30.4 Å². The van der Waals surface area contributed by atoms with Crippen LogP contribution in [-0.2, 0) is 14.3 Å². The highest BCUT2D eigenvalue weighted by atomic mass is 16.5. The normalized spacial score (nSPS) is 35.3. The molecule has 1 aliphatic heterocycles. The molecule has 0 unspecified atom stereocenters. The molecule has 4 heteroatoms. The van der Waals surface area contributed by atoms with Crippen LogP contribution in [-0.4, -0.2) is 31.6 Å². The van der Waals surface area contributed by atoms with Crippen LogP contribution in [0.3, 0.4) is 0 Å². The van der Waals surface area contributed by atoms with E-state index in [1.54, 1.807) is 0 Å². The van der Waals surface area contributed by atoms with Crippen molar-refractivity contribution in [2.45, 2.75) is 12.5 Å². The Morgan fingerprint density at radius 1 is 1.23 bits per heavy atom. The van der Waals surface area contributed by atoms with Crippen molar-refractivity contribution in [3.05, 3.63) is 48.0 Å². The number of carbonyl (C=O) groups excluding carboxylic acids is 1. The summed E-state index contributed by atoms with van der Waals surface area (Å²) in [4.78, 5) is 17.0. The molecular formula is C18H19NO3. The second-order valence-corrected chi connectivity index (χ2v) is 6.25. The van der Waals surface area contributed by atoms with Crippen molar-refractivity contribution in [3.8, 4) is 0 Å². The van der Waals surface area contributed by atoms with Gasteiger partial charge in [0.25, 0.3) is 0 Å². The minimum absolute atomic E-state index is 0.0410. The van der Waals surface area contributed by atoms with E-state index in [-0.39, 0.29) is 23.8 Å². The Morgan fingerprint density at radius 3 is 2.77 bits per heavy atom. The Bertz CT molecular complexity index is 637. The fourth-order valence-corrected chi connectivity index (χ4v) is 4.18. The summed E-state index contributed by atoms with van der Waals surface area (Å²) in [5.74, 6) is 1.43. The van der Waals surface area contributed by atoms with Gasteiger partial charge >= 0.3 is 5.97 Å². The molecule has 0 spiro atoms. The van der Waals surface area contributed by atoms with E-state index in [2.05, 4.69) is 12.2 Å². The van der Waals surface area contributed by atoms with Crippen LogP contribution in [0, 0.1) is 23.7 Å². The number of nitrogens with zero attached hydrogens (tertiary/aromatic N) is 1. The molecule has 1 fully saturated rings. The van der Waals surface area contributed by atoms with Crippen LogP contribution < -0.4 is 0 Å². The second kappa shape index (κ2) is 5.27. The number of allylic oxidation sites excluding steroid dienone is 2. The van der Waals surface area contributed by atoms with E-state index in [0.29, 0.717) is 24.3 Å². The number of benzene rings is 1. The summed E-state index contributed by atoms with van der Waals surface area (Å²) >= 11 is 0. The largest absolute Gasteiger partial charge is 0.475 e. The maximum atomic E-state index is 12.2. The minimum atomic E-state index is -0.106. The Labute approximate surface area is 129 Å². The number of rotatable bonds is 3. The fourth-order valence-electron chi connectivity index (χ4n) is 4.18. The molecule has 2 aliphatic carbocycles. The number of aliphatic imine (C=N–C) groups is 1. The average Bonchev–Trinajstić information content (AvgIpc) is 3.29. The van der Waals surface area contributed by atoms with E-state index >= 15 is 0 Å². The lowest BCUT2D eigenvalue weighted by Crippen LogP contribution is -2.36. The van der Waals surface area contributed by atoms with Crippen molar-refractivity contribution in [2.75, 3.05) is 13.7 Å². The predicted molar refractivity (Wildman–Crippen MR) is 82.5 cm³/mol. The third kappa shape index (κ3) is 2.05. The third-order valence-electron chi connectivity index (χ3n) is 5.13. The van der Waals surface area contributed by atoms with Crippen LogP contribution in [0.5, 0.6) is 0 Å². The molecule has 5 atom stereocenters. The molecule has 4 rings (SSSR count). The molecule has 0 aromatic heterocycles. The summed E-state index contributed by atoms with van der Waals surface area (Å²) < 4.78 is 10.8. The van der Waals surface area contributed by atoms with Crippen LogP contribution in [0.4, 0.5) is 0 Å². The highest BCUT2D eigenvalue weighted by Crippen LogP contribution is 2.51. The average molecular weight is 297 g/mol. The third-order valence-corrected chi connectivity index (χ3v) is 5.13. The van der Waals surface area contributed by atoms with Gasteiger partial charge in [0.1, 0.15) is 6.61 Å². The maximum absolute atomic E-state index is 12.2. The van der Waals surface area contributed by atoms with Crippen LogP contribution in [0.1, 0.15) is 12.0 Å². The van der Waals surface area contributed by atoms with Crippen molar-refractivity contribution >= 4 is 11.9 Å². The smallest absolute Gasteiger partial charge is 0.309 e. The molecule has 22 heavy (non-hydrogen) atoms. The molecular weight excluding hydrogens is 278 g/mol. The Hall–Kier alpha value is -2.10. The van der Waals surface area contributed by atoms with Gasteiger partial charge in [-0.3, -0.25) is 4.79 Å². The highest BCUT2D eigenvalue weighted by molar-refractivity contribution is 5.95. The monoisotopic (exact) mass is 297 g/mol. The van der Waals surface area contributed by atoms with Crippen molar-refractivity contribution in [1.82, 2.24) is 0 Å². The number of esters is 1. The second-order valence-electron chi connectivity index (χ2n) is 6.25. The number of fused-ring (bicyclic) bond motifs is 2. The minimum Gasteiger partial charge on any atom is -0.475 e. The standard InChI is InChI=1S/C18H19NO3/c1-21-18(20)16-13-8-7-12(9-13)15(16)14-10-22-17(19-14)11-5-3-2-4-6-11/h2-8,12-16H,9-10H2,1H3/t12-,13+,14-,15+,16+/m0/s1. The first-order valence-electron chi connectivity index (χ1n) is 7.80. The summed E-state index contributed by atoms with van der Waals surface area (Å²) in [5, 5.41) is 0. The topological polar surface area (TPSA) is 47.9 Å². The van der Waals surface area contributed by atoms with Crippen molar-refractivity contribution in [1.29, 1.82) is 0 Å². The molecule has 4 nitrogen and oxygen atoms in total. The van der Waals surface area contributed by atoms with E-state index < -0.39 is 0 Å². The summed E-state index contributed by atoms with van der Waals surface area (Å²) in [7, 11) is 1.47. The number of methoxy groups -OCH3 is 1. The van der Waals surface area contributed by atoms with Gasteiger partial charge < -0.3 is 9.47 Å². The molecule has 3 aliphatic rings. The van der Waals surface area contributed by atoms with Gasteiger partial charge in [0.15, 0.2) is 0 Å². The van der Waals surface area contributed by atoms with Gasteiger partial charge in [0, 0.05) is 11.5 Å². The van der Waals surface area contributed by atoms with Gasteiger partial charge in [-0.1, -0.05) is 30.4 Å². The molecule has 2 bridgehead atoms. The SMILES string of the molecule is COC(=O)[C@H]1[C@@H]([C@@H]2COC(c3ccccc3)=N2)[C@H]2C=C[C@@H]1C2. The van der Waals surface area contributed by atoms with Crippen LogP contribution >= 0.6 is 0 Å². The molecule has 0 amide bonds. The molecule has 1 aromatic carbocycles. The van der Waals surface area contributed by atoms with Gasteiger partial charge in [-0.2, -0.15) is 0 Å².